The molecule has 1 N–H and O–H groups in total. The monoisotopic (exact) mass is 416 g/mol. The van der Waals surface area contributed by atoms with E-state index in [-0.39, 0.29) is 11.7 Å². The summed E-state index contributed by atoms with van der Waals surface area (Å²) in [5.41, 5.74) is 5.12. The third-order valence-electron chi connectivity index (χ3n) is 5.53. The van der Waals surface area contributed by atoms with Crippen LogP contribution in [0.25, 0.3) is 11.4 Å². The molecular weight excluding hydrogens is 396 g/mol. The number of imidazole rings is 1. The van der Waals surface area contributed by atoms with E-state index in [1.165, 1.54) is 12.1 Å². The number of aromatic nitrogens is 4. The van der Waals surface area contributed by atoms with Crippen molar-refractivity contribution in [2.75, 3.05) is 0 Å². The molecule has 0 unspecified atom stereocenters. The van der Waals surface area contributed by atoms with Gasteiger partial charge in [-0.05, 0) is 18.6 Å². The Morgan fingerprint density at radius 1 is 1.26 bits per heavy atom. The summed E-state index contributed by atoms with van der Waals surface area (Å²) >= 11 is 0. The van der Waals surface area contributed by atoms with Gasteiger partial charge in [0.25, 0.3) is 5.69 Å². The highest BCUT2D eigenvalue weighted by atomic mass is 16.6. The summed E-state index contributed by atoms with van der Waals surface area (Å²) in [5, 5.41) is 15.1. The maximum absolute atomic E-state index is 10.9. The molecule has 1 aliphatic heterocycles. The quantitative estimate of drug-likeness (QED) is 0.387. The third kappa shape index (κ3) is 3.82. The number of H-pyrrole nitrogens is 1. The normalized spacial score (nSPS) is 16.2. The standard InChI is InChI=1S/C22H20N6O3/c1-14-3-2-4-16(9-14)21-25-22(31-26-21)20-10-18-19(24-13-23-18)12-27(20)11-15-5-7-17(8-6-15)28(29)30/h2-9,13,20H,10-12H2,1H3,(H,23,24)/t20-/m0/s1. The Labute approximate surface area is 177 Å². The van der Waals surface area contributed by atoms with Crippen molar-refractivity contribution >= 4 is 5.69 Å². The van der Waals surface area contributed by atoms with Gasteiger partial charge in [0.05, 0.1) is 28.7 Å². The first-order chi connectivity index (χ1) is 15.1. The minimum atomic E-state index is -0.393. The van der Waals surface area contributed by atoms with E-state index < -0.39 is 4.92 Å². The fraction of sp³-hybridized carbons (Fsp3) is 0.227. The smallest absolute Gasteiger partial charge is 0.269 e. The molecule has 1 atom stereocenters. The molecule has 0 saturated carbocycles. The first kappa shape index (κ1) is 19.1. The van der Waals surface area contributed by atoms with Crippen LogP contribution < -0.4 is 0 Å². The lowest BCUT2D eigenvalue weighted by atomic mass is 10.0. The van der Waals surface area contributed by atoms with Crippen LogP contribution in [0.4, 0.5) is 5.69 Å². The molecule has 3 heterocycles. The highest BCUT2D eigenvalue weighted by Gasteiger charge is 2.33. The number of rotatable bonds is 5. The van der Waals surface area contributed by atoms with E-state index in [0.29, 0.717) is 31.2 Å². The number of nitrogens with zero attached hydrogens (tertiary/aromatic N) is 5. The largest absolute Gasteiger partial charge is 0.347 e. The van der Waals surface area contributed by atoms with Gasteiger partial charge < -0.3 is 9.51 Å². The van der Waals surface area contributed by atoms with Gasteiger partial charge in [-0.15, -0.1) is 0 Å². The van der Waals surface area contributed by atoms with Crippen molar-refractivity contribution in [2.45, 2.75) is 32.5 Å². The molecule has 9 nitrogen and oxygen atoms in total. The molecule has 31 heavy (non-hydrogen) atoms. The van der Waals surface area contributed by atoms with Crippen LogP contribution in [0.5, 0.6) is 0 Å². The molecule has 0 saturated heterocycles. The summed E-state index contributed by atoms with van der Waals surface area (Å²) in [7, 11) is 0. The number of nitro groups is 1. The zero-order valence-electron chi connectivity index (χ0n) is 16.9. The number of non-ortho nitro benzene ring substituents is 1. The molecule has 156 valence electrons. The number of nitrogens with one attached hydrogen (secondary N) is 1. The van der Waals surface area contributed by atoms with Crippen molar-refractivity contribution in [2.24, 2.45) is 0 Å². The molecule has 1 aliphatic rings. The lowest BCUT2D eigenvalue weighted by Gasteiger charge is -2.32. The zero-order chi connectivity index (χ0) is 21.4. The summed E-state index contributed by atoms with van der Waals surface area (Å²) < 4.78 is 5.68. The number of aryl methyl sites for hydroxylation is 1. The lowest BCUT2D eigenvalue weighted by Crippen LogP contribution is -2.34. The average Bonchev–Trinajstić information content (AvgIpc) is 3.43. The van der Waals surface area contributed by atoms with Crippen molar-refractivity contribution in [3.8, 4) is 11.4 Å². The highest BCUT2D eigenvalue weighted by molar-refractivity contribution is 5.55. The fourth-order valence-corrected chi connectivity index (χ4v) is 3.93. The van der Waals surface area contributed by atoms with E-state index in [4.69, 9.17) is 4.52 Å². The Hall–Kier alpha value is -3.85. The van der Waals surface area contributed by atoms with Crippen LogP contribution in [0.3, 0.4) is 0 Å². The van der Waals surface area contributed by atoms with Crippen molar-refractivity contribution < 1.29 is 9.45 Å². The summed E-state index contributed by atoms with van der Waals surface area (Å²) in [6, 6.07) is 14.5. The van der Waals surface area contributed by atoms with Gasteiger partial charge in [0.1, 0.15) is 0 Å². The Morgan fingerprint density at radius 3 is 2.87 bits per heavy atom. The number of fused-ring (bicyclic) bond motifs is 1. The second kappa shape index (κ2) is 7.77. The summed E-state index contributed by atoms with van der Waals surface area (Å²) in [6.45, 7) is 3.25. The van der Waals surface area contributed by atoms with Gasteiger partial charge in [-0.3, -0.25) is 15.0 Å². The second-order valence-corrected chi connectivity index (χ2v) is 7.70. The van der Waals surface area contributed by atoms with Crippen molar-refractivity contribution in [1.29, 1.82) is 0 Å². The van der Waals surface area contributed by atoms with Crippen LogP contribution in [0.2, 0.25) is 0 Å². The maximum Gasteiger partial charge on any atom is 0.269 e. The molecular formula is C22H20N6O3. The van der Waals surface area contributed by atoms with Crippen LogP contribution in [-0.4, -0.2) is 29.9 Å². The Morgan fingerprint density at radius 2 is 2.10 bits per heavy atom. The topological polar surface area (TPSA) is 114 Å². The predicted octanol–water partition coefficient (Wildman–Crippen LogP) is 3.98. The van der Waals surface area contributed by atoms with Crippen LogP contribution in [0.15, 0.2) is 59.4 Å². The zero-order valence-corrected chi connectivity index (χ0v) is 16.9. The van der Waals surface area contributed by atoms with E-state index >= 15 is 0 Å². The van der Waals surface area contributed by atoms with Gasteiger partial charge in [0.2, 0.25) is 11.7 Å². The second-order valence-electron chi connectivity index (χ2n) is 7.70. The van der Waals surface area contributed by atoms with Crippen LogP contribution >= 0.6 is 0 Å². The first-order valence-electron chi connectivity index (χ1n) is 9.96. The number of hydrogen-bond donors (Lipinski definition) is 1. The van der Waals surface area contributed by atoms with E-state index in [9.17, 15) is 10.1 Å². The predicted molar refractivity (Wildman–Crippen MR) is 112 cm³/mol. The van der Waals surface area contributed by atoms with Crippen molar-refractivity contribution in [3.05, 3.63) is 93.4 Å². The van der Waals surface area contributed by atoms with E-state index in [1.807, 2.05) is 31.2 Å². The van der Waals surface area contributed by atoms with E-state index in [0.717, 1.165) is 28.1 Å². The van der Waals surface area contributed by atoms with Gasteiger partial charge in [-0.2, -0.15) is 4.98 Å². The minimum Gasteiger partial charge on any atom is -0.347 e. The Kier molecular flexibility index (Phi) is 4.79. The van der Waals surface area contributed by atoms with Crippen LogP contribution in [0.1, 0.15) is 34.4 Å². The third-order valence-corrected chi connectivity index (χ3v) is 5.53. The van der Waals surface area contributed by atoms with Gasteiger partial charge >= 0.3 is 0 Å². The number of nitro benzene ring substituents is 1. The van der Waals surface area contributed by atoms with Gasteiger partial charge in [0.15, 0.2) is 0 Å². The molecule has 0 bridgehead atoms. The van der Waals surface area contributed by atoms with Crippen molar-refractivity contribution in [3.63, 3.8) is 0 Å². The SMILES string of the molecule is Cc1cccc(-c2noc([C@@H]3Cc4nc[nH]c4CN3Cc3ccc([N+](=O)[O-])cc3)n2)c1. The Bertz CT molecular complexity index is 1230. The molecule has 0 fully saturated rings. The molecule has 0 aliphatic carbocycles. The van der Waals surface area contributed by atoms with Gasteiger partial charge in [-0.1, -0.05) is 41.1 Å². The van der Waals surface area contributed by atoms with Crippen molar-refractivity contribution in [1.82, 2.24) is 25.0 Å². The summed E-state index contributed by atoms with van der Waals surface area (Å²) in [4.78, 5) is 25.1. The lowest BCUT2D eigenvalue weighted by molar-refractivity contribution is -0.384. The molecule has 5 rings (SSSR count). The van der Waals surface area contributed by atoms with Gasteiger partial charge in [-0.25, -0.2) is 4.98 Å². The van der Waals surface area contributed by atoms with E-state index in [1.54, 1.807) is 18.5 Å². The van der Waals surface area contributed by atoms with Gasteiger partial charge in [0, 0.05) is 37.2 Å². The number of aromatic amines is 1. The fourth-order valence-electron chi connectivity index (χ4n) is 3.93. The highest BCUT2D eigenvalue weighted by Crippen LogP contribution is 2.33. The average molecular weight is 416 g/mol. The maximum atomic E-state index is 10.9. The summed E-state index contributed by atoms with van der Waals surface area (Å²) in [5.74, 6) is 1.09. The summed E-state index contributed by atoms with van der Waals surface area (Å²) in [6.07, 6.45) is 2.34. The molecule has 0 amide bonds. The van der Waals surface area contributed by atoms with Crippen LogP contribution in [-0.2, 0) is 19.5 Å². The minimum absolute atomic E-state index is 0.0782. The van der Waals surface area contributed by atoms with Crippen LogP contribution in [0, 0.1) is 17.0 Å². The van der Waals surface area contributed by atoms with E-state index in [2.05, 4.69) is 25.0 Å². The number of hydrogen-bond acceptors (Lipinski definition) is 7. The molecule has 0 radical (unpaired) electrons. The molecule has 4 aromatic rings. The molecule has 2 aromatic heterocycles. The molecule has 9 heteroatoms. The Balaban J connectivity index is 1.44. The number of benzene rings is 2. The molecule has 2 aromatic carbocycles. The molecule has 0 spiro atoms. The first-order valence-corrected chi connectivity index (χ1v) is 9.96.